The summed E-state index contributed by atoms with van der Waals surface area (Å²) < 4.78 is 0. The van der Waals surface area contributed by atoms with Crippen molar-refractivity contribution < 1.29 is 0 Å². The molecular weight excluding hydrogens is 168 g/mol. The smallest absolute Gasteiger partial charge is 0.0219 e. The number of benzene rings is 1. The van der Waals surface area contributed by atoms with E-state index >= 15 is 0 Å². The Bertz CT molecular complexity index is 258. The minimum Gasteiger partial charge on any atom is -0.0776 e. The van der Waals surface area contributed by atoms with Gasteiger partial charge in [0, 0.05) is 0 Å². The quantitative estimate of drug-likeness (QED) is 0.654. The van der Waals surface area contributed by atoms with Gasteiger partial charge < -0.3 is 0 Å². The zero-order valence-corrected chi connectivity index (χ0v) is 9.17. The van der Waals surface area contributed by atoms with Crippen LogP contribution in [0.1, 0.15) is 52.2 Å². The van der Waals surface area contributed by atoms with Crippen molar-refractivity contribution in [2.45, 2.75) is 47.5 Å². The highest BCUT2D eigenvalue weighted by atomic mass is 14.1. The third-order valence-corrected chi connectivity index (χ3v) is 2.26. The normalized spacial score (nSPS) is 10.4. The molecule has 0 aromatic heterocycles. The van der Waals surface area contributed by atoms with Crippen LogP contribution in [0.4, 0.5) is 0 Å². The van der Waals surface area contributed by atoms with Crippen molar-refractivity contribution in [3.05, 3.63) is 35.4 Å². The fourth-order valence-corrected chi connectivity index (χ4v) is 1.55. The van der Waals surface area contributed by atoms with Crippen LogP contribution in [0.3, 0.4) is 0 Å². The summed E-state index contributed by atoms with van der Waals surface area (Å²) in [4.78, 5) is 0. The maximum atomic E-state index is 2.34. The number of rotatable bonds is 3. The van der Waals surface area contributed by atoms with E-state index in [0.717, 1.165) is 5.92 Å². The predicted octanol–water partition coefficient (Wildman–Crippen LogP) is 4.64. The molecule has 0 amide bonds. The molecule has 0 spiro atoms. The van der Waals surface area contributed by atoms with Gasteiger partial charge in [-0.05, 0) is 29.4 Å². The highest BCUT2D eigenvalue weighted by molar-refractivity contribution is 5.25. The monoisotopic (exact) mass is 192 g/mol. The fourth-order valence-electron chi connectivity index (χ4n) is 1.55. The summed E-state index contributed by atoms with van der Waals surface area (Å²) in [6.07, 6.45) is 1.20. The van der Waals surface area contributed by atoms with Gasteiger partial charge in [-0.1, -0.05) is 59.4 Å². The molecule has 1 rings (SSSR count). The first-order valence-corrected chi connectivity index (χ1v) is 5.18. The molecule has 0 nitrogen and oxygen atoms in total. The van der Waals surface area contributed by atoms with E-state index in [1.165, 1.54) is 17.5 Å². The molecule has 0 unspecified atom stereocenters. The van der Waals surface area contributed by atoms with E-state index in [9.17, 15) is 0 Å². The van der Waals surface area contributed by atoms with Gasteiger partial charge in [-0.25, -0.2) is 0 Å². The molecule has 0 N–H and O–H groups in total. The topological polar surface area (TPSA) is 0 Å². The molecule has 0 aliphatic carbocycles. The Hall–Kier alpha value is -0.780. The average molecular weight is 192 g/mol. The zero-order chi connectivity index (χ0) is 9.84. The Morgan fingerprint density at radius 3 is 2.21 bits per heavy atom. The molecule has 0 saturated heterocycles. The lowest BCUT2D eigenvalue weighted by atomic mass is 9.97. The summed E-state index contributed by atoms with van der Waals surface area (Å²) in [6.45, 7) is 9.02. The summed E-state index contributed by atoms with van der Waals surface area (Å²) in [5.74, 6) is 1.40. The van der Waals surface area contributed by atoms with Gasteiger partial charge in [0.1, 0.15) is 0 Å². The van der Waals surface area contributed by atoms with E-state index in [0.29, 0.717) is 5.92 Å². The standard InChI is InChI=1S/C13H20.CH4/c1-10(2)8-12-6-5-7-13(9-12)11(3)4;/h5-7,9-11H,8H2,1-4H3;1H4. The molecule has 14 heavy (non-hydrogen) atoms. The van der Waals surface area contributed by atoms with Crippen LogP contribution in [0, 0.1) is 5.92 Å². The second-order valence-electron chi connectivity index (χ2n) is 4.50. The molecule has 0 bridgehead atoms. The van der Waals surface area contributed by atoms with Crippen molar-refractivity contribution in [1.82, 2.24) is 0 Å². The molecule has 1 aromatic carbocycles. The molecule has 0 aliphatic heterocycles. The number of hydrogen-bond acceptors (Lipinski definition) is 0. The molecule has 0 radical (unpaired) electrons. The van der Waals surface area contributed by atoms with Crippen LogP contribution in [-0.4, -0.2) is 0 Å². The van der Waals surface area contributed by atoms with Crippen LogP contribution in [0.5, 0.6) is 0 Å². The van der Waals surface area contributed by atoms with Crippen LogP contribution >= 0.6 is 0 Å². The van der Waals surface area contributed by atoms with Crippen LogP contribution in [0.15, 0.2) is 24.3 Å². The molecule has 0 fully saturated rings. The molecule has 0 heterocycles. The Balaban J connectivity index is 0.00000169. The van der Waals surface area contributed by atoms with E-state index in [1.807, 2.05) is 0 Å². The van der Waals surface area contributed by atoms with Crippen LogP contribution < -0.4 is 0 Å². The molecular formula is C14H24. The Labute approximate surface area is 89.4 Å². The maximum absolute atomic E-state index is 2.34. The molecule has 80 valence electrons. The van der Waals surface area contributed by atoms with Gasteiger partial charge in [-0.2, -0.15) is 0 Å². The lowest BCUT2D eigenvalue weighted by Crippen LogP contribution is -1.95. The lowest BCUT2D eigenvalue weighted by Gasteiger charge is -2.09. The molecule has 0 heteroatoms. The van der Waals surface area contributed by atoms with Gasteiger partial charge >= 0.3 is 0 Å². The summed E-state index contributed by atoms with van der Waals surface area (Å²) in [5.41, 5.74) is 2.93. The largest absolute Gasteiger partial charge is 0.0776 e. The van der Waals surface area contributed by atoms with E-state index in [-0.39, 0.29) is 7.43 Å². The molecule has 0 saturated carbocycles. The summed E-state index contributed by atoms with van der Waals surface area (Å²) in [7, 11) is 0. The molecule has 1 aromatic rings. The minimum absolute atomic E-state index is 0. The SMILES string of the molecule is C.CC(C)Cc1cccc(C(C)C)c1. The van der Waals surface area contributed by atoms with Crippen molar-refractivity contribution in [3.8, 4) is 0 Å². The van der Waals surface area contributed by atoms with E-state index in [4.69, 9.17) is 0 Å². The highest BCUT2D eigenvalue weighted by Crippen LogP contribution is 2.17. The van der Waals surface area contributed by atoms with Crippen molar-refractivity contribution >= 4 is 0 Å². The highest BCUT2D eigenvalue weighted by Gasteiger charge is 2.01. The Kier molecular flexibility index (Phi) is 5.52. The van der Waals surface area contributed by atoms with Gasteiger partial charge in [0.2, 0.25) is 0 Å². The summed E-state index contributed by atoms with van der Waals surface area (Å²) >= 11 is 0. The predicted molar refractivity (Wildman–Crippen MR) is 65.8 cm³/mol. The molecule has 0 aliphatic rings. The van der Waals surface area contributed by atoms with Gasteiger partial charge in [0.25, 0.3) is 0 Å². The van der Waals surface area contributed by atoms with Crippen molar-refractivity contribution in [2.24, 2.45) is 5.92 Å². The van der Waals surface area contributed by atoms with Crippen molar-refractivity contribution in [1.29, 1.82) is 0 Å². The molecule has 0 atom stereocenters. The second kappa shape index (κ2) is 5.85. The Morgan fingerprint density at radius 2 is 1.71 bits per heavy atom. The van der Waals surface area contributed by atoms with E-state index < -0.39 is 0 Å². The average Bonchev–Trinajstić information content (AvgIpc) is 2.03. The summed E-state index contributed by atoms with van der Waals surface area (Å²) in [5, 5.41) is 0. The van der Waals surface area contributed by atoms with E-state index in [2.05, 4.69) is 52.0 Å². The van der Waals surface area contributed by atoms with Gasteiger partial charge in [0.15, 0.2) is 0 Å². The maximum Gasteiger partial charge on any atom is -0.0219 e. The van der Waals surface area contributed by atoms with Crippen LogP contribution in [0.2, 0.25) is 0 Å². The third kappa shape index (κ3) is 3.95. The first-order chi connectivity index (χ1) is 6.09. The first kappa shape index (κ1) is 13.2. The van der Waals surface area contributed by atoms with E-state index in [1.54, 1.807) is 0 Å². The summed E-state index contributed by atoms with van der Waals surface area (Å²) in [6, 6.07) is 8.96. The van der Waals surface area contributed by atoms with Crippen molar-refractivity contribution in [3.63, 3.8) is 0 Å². The van der Waals surface area contributed by atoms with Crippen LogP contribution in [-0.2, 0) is 6.42 Å². The fraction of sp³-hybridized carbons (Fsp3) is 0.571. The first-order valence-electron chi connectivity index (χ1n) is 5.18. The Morgan fingerprint density at radius 1 is 1.07 bits per heavy atom. The minimum atomic E-state index is 0. The van der Waals surface area contributed by atoms with Gasteiger partial charge in [0.05, 0.1) is 0 Å². The van der Waals surface area contributed by atoms with Gasteiger partial charge in [-0.15, -0.1) is 0 Å². The van der Waals surface area contributed by atoms with Gasteiger partial charge in [-0.3, -0.25) is 0 Å². The zero-order valence-electron chi connectivity index (χ0n) is 9.17. The van der Waals surface area contributed by atoms with Crippen LogP contribution in [0.25, 0.3) is 0 Å². The van der Waals surface area contributed by atoms with Crippen molar-refractivity contribution in [2.75, 3.05) is 0 Å². The number of hydrogen-bond donors (Lipinski definition) is 0. The lowest BCUT2D eigenvalue weighted by molar-refractivity contribution is 0.646. The third-order valence-electron chi connectivity index (χ3n) is 2.26. The second-order valence-corrected chi connectivity index (χ2v) is 4.50.